The van der Waals surface area contributed by atoms with Crippen LogP contribution >= 0.6 is 8.38 Å². The Morgan fingerprint density at radius 1 is 0.538 bits per heavy atom. The smallest absolute Gasteiger partial charge is 0.200 e. The number of hydrogen-bond acceptors (Lipinski definition) is 2. The number of unbranched alkanes of at least 4 members (excludes halogenated alkanes) is 8. The zero-order valence-corrected chi connectivity index (χ0v) is 25.7. The predicted molar refractivity (Wildman–Crippen MR) is 172 cm³/mol. The average Bonchev–Trinajstić information content (AvgIpc) is 2.96. The SMILES string of the molecule is CCCCCCCC(C)c1ccccc1-c1cccc(P(O)O)c1-c1ccccc1C(C)CCCCCCC. The summed E-state index contributed by atoms with van der Waals surface area (Å²) in [6.07, 6.45) is 15.2. The van der Waals surface area contributed by atoms with E-state index in [0.29, 0.717) is 17.1 Å². The topological polar surface area (TPSA) is 40.5 Å². The molecule has 0 aliphatic rings. The van der Waals surface area contributed by atoms with Crippen LogP contribution in [0.4, 0.5) is 0 Å². The third kappa shape index (κ3) is 9.01. The highest BCUT2D eigenvalue weighted by atomic mass is 31.2. The minimum atomic E-state index is -2.24. The fraction of sp³-hybridized carbons (Fsp3) is 0.500. The van der Waals surface area contributed by atoms with E-state index in [0.717, 1.165) is 23.1 Å². The zero-order valence-electron chi connectivity index (χ0n) is 24.8. The second kappa shape index (κ2) is 17.0. The third-order valence-electron chi connectivity index (χ3n) is 8.28. The fourth-order valence-corrected chi connectivity index (χ4v) is 6.62. The first-order chi connectivity index (χ1) is 19.0. The lowest BCUT2D eigenvalue weighted by Gasteiger charge is -2.24. The van der Waals surface area contributed by atoms with Gasteiger partial charge in [-0.25, -0.2) is 0 Å². The standard InChI is InChI=1S/C36H51O2P/c1-5-7-9-11-13-20-28(3)30-22-15-17-24-32(30)34-26-19-27-35(39(37)38)36(34)33-25-18-16-23-31(33)29(4)21-14-12-10-8-6-2/h15-19,22-29,37-38H,5-14,20-21H2,1-4H3. The summed E-state index contributed by atoms with van der Waals surface area (Å²) in [5.74, 6) is 0.853. The molecule has 39 heavy (non-hydrogen) atoms. The second-order valence-corrected chi connectivity index (χ2v) is 12.4. The van der Waals surface area contributed by atoms with Crippen molar-refractivity contribution in [3.8, 4) is 22.3 Å². The molecule has 3 aromatic carbocycles. The van der Waals surface area contributed by atoms with Crippen LogP contribution in [-0.4, -0.2) is 9.79 Å². The summed E-state index contributed by atoms with van der Waals surface area (Å²) in [6.45, 7) is 9.21. The summed E-state index contributed by atoms with van der Waals surface area (Å²) in [5.41, 5.74) is 7.12. The lowest BCUT2D eigenvalue weighted by Crippen LogP contribution is -2.10. The molecular formula is C36H51O2P. The van der Waals surface area contributed by atoms with Crippen LogP contribution in [0.5, 0.6) is 0 Å². The van der Waals surface area contributed by atoms with Gasteiger partial charge in [-0.05, 0) is 58.6 Å². The molecule has 0 radical (unpaired) electrons. The third-order valence-corrected chi connectivity index (χ3v) is 9.09. The molecule has 2 unspecified atom stereocenters. The van der Waals surface area contributed by atoms with Crippen LogP contribution in [0.2, 0.25) is 0 Å². The van der Waals surface area contributed by atoms with Crippen molar-refractivity contribution < 1.29 is 9.79 Å². The van der Waals surface area contributed by atoms with Gasteiger partial charge in [-0.1, -0.05) is 153 Å². The van der Waals surface area contributed by atoms with Gasteiger partial charge in [0, 0.05) is 10.9 Å². The van der Waals surface area contributed by atoms with E-state index in [1.54, 1.807) is 0 Å². The van der Waals surface area contributed by atoms with Gasteiger partial charge in [0.05, 0.1) is 0 Å². The zero-order chi connectivity index (χ0) is 28.0. The molecule has 0 bridgehead atoms. The molecule has 0 saturated heterocycles. The molecule has 0 fully saturated rings. The second-order valence-electron chi connectivity index (χ2n) is 11.4. The molecule has 0 spiro atoms. The van der Waals surface area contributed by atoms with Crippen molar-refractivity contribution in [2.45, 2.75) is 117 Å². The van der Waals surface area contributed by atoms with Crippen LogP contribution in [0.1, 0.15) is 128 Å². The Morgan fingerprint density at radius 2 is 1.00 bits per heavy atom. The van der Waals surface area contributed by atoms with Crippen molar-refractivity contribution in [1.82, 2.24) is 0 Å². The molecule has 0 heterocycles. The van der Waals surface area contributed by atoms with Crippen LogP contribution in [0.3, 0.4) is 0 Å². The van der Waals surface area contributed by atoms with E-state index in [2.05, 4.69) is 82.3 Å². The van der Waals surface area contributed by atoms with Crippen molar-refractivity contribution in [2.75, 3.05) is 0 Å². The molecule has 0 amide bonds. The van der Waals surface area contributed by atoms with Gasteiger partial charge >= 0.3 is 0 Å². The molecule has 3 aromatic rings. The molecule has 0 aromatic heterocycles. The summed E-state index contributed by atoms with van der Waals surface area (Å²) in [5, 5.41) is 0.645. The lowest BCUT2D eigenvalue weighted by atomic mass is 9.83. The Kier molecular flexibility index (Phi) is 13.7. The molecule has 3 heteroatoms. The van der Waals surface area contributed by atoms with Crippen LogP contribution in [0.25, 0.3) is 22.3 Å². The maximum absolute atomic E-state index is 10.6. The highest BCUT2D eigenvalue weighted by molar-refractivity contribution is 7.54. The van der Waals surface area contributed by atoms with E-state index in [-0.39, 0.29) is 0 Å². The minimum Gasteiger partial charge on any atom is -0.347 e. The average molecular weight is 547 g/mol. The van der Waals surface area contributed by atoms with Gasteiger partial charge in [0.25, 0.3) is 0 Å². The molecule has 212 valence electrons. The Labute approximate surface area is 239 Å². The van der Waals surface area contributed by atoms with Crippen LogP contribution in [0, 0.1) is 0 Å². The van der Waals surface area contributed by atoms with Crippen molar-refractivity contribution >= 4 is 13.7 Å². The summed E-state index contributed by atoms with van der Waals surface area (Å²) in [4.78, 5) is 21.2. The van der Waals surface area contributed by atoms with Gasteiger partial charge in [-0.3, -0.25) is 0 Å². The van der Waals surface area contributed by atoms with E-state index in [1.165, 1.54) is 87.3 Å². The number of benzene rings is 3. The molecule has 2 atom stereocenters. The predicted octanol–water partition coefficient (Wildman–Crippen LogP) is 10.9. The van der Waals surface area contributed by atoms with Crippen LogP contribution in [0.15, 0.2) is 66.7 Å². The van der Waals surface area contributed by atoms with Gasteiger partial charge in [-0.15, -0.1) is 0 Å². The highest BCUT2D eigenvalue weighted by Crippen LogP contribution is 2.43. The first-order valence-corrected chi connectivity index (χ1v) is 16.7. The number of hydrogen-bond donors (Lipinski definition) is 2. The monoisotopic (exact) mass is 546 g/mol. The van der Waals surface area contributed by atoms with Gasteiger partial charge in [0.2, 0.25) is 0 Å². The van der Waals surface area contributed by atoms with E-state index in [1.807, 2.05) is 12.1 Å². The molecular weight excluding hydrogens is 495 g/mol. The normalized spacial score (nSPS) is 13.1. The Hall–Kier alpha value is -1.99. The molecule has 2 N–H and O–H groups in total. The Balaban J connectivity index is 2.01. The van der Waals surface area contributed by atoms with E-state index in [9.17, 15) is 9.79 Å². The Morgan fingerprint density at radius 3 is 1.54 bits per heavy atom. The molecule has 0 aliphatic carbocycles. The highest BCUT2D eigenvalue weighted by Gasteiger charge is 2.23. The van der Waals surface area contributed by atoms with Crippen molar-refractivity contribution in [3.63, 3.8) is 0 Å². The molecule has 2 nitrogen and oxygen atoms in total. The quantitative estimate of drug-likeness (QED) is 0.131. The first-order valence-electron chi connectivity index (χ1n) is 15.5. The summed E-state index contributed by atoms with van der Waals surface area (Å²) in [6, 6.07) is 23.5. The molecule has 0 aliphatic heterocycles. The Bertz CT molecular complexity index is 1120. The van der Waals surface area contributed by atoms with Gasteiger partial charge in [0.15, 0.2) is 8.38 Å². The largest absolute Gasteiger partial charge is 0.347 e. The van der Waals surface area contributed by atoms with Crippen LogP contribution < -0.4 is 5.30 Å². The summed E-state index contributed by atoms with van der Waals surface area (Å²) < 4.78 is 0. The number of rotatable bonds is 17. The lowest BCUT2D eigenvalue weighted by molar-refractivity contribution is 0.497. The van der Waals surface area contributed by atoms with Crippen LogP contribution in [-0.2, 0) is 0 Å². The van der Waals surface area contributed by atoms with E-state index >= 15 is 0 Å². The van der Waals surface area contributed by atoms with Crippen molar-refractivity contribution in [1.29, 1.82) is 0 Å². The molecule has 3 rings (SSSR count). The fourth-order valence-electron chi connectivity index (χ4n) is 5.96. The molecule has 0 saturated carbocycles. The van der Waals surface area contributed by atoms with Crippen molar-refractivity contribution in [2.24, 2.45) is 0 Å². The van der Waals surface area contributed by atoms with E-state index in [4.69, 9.17) is 0 Å². The van der Waals surface area contributed by atoms with Gasteiger partial charge < -0.3 is 9.79 Å². The summed E-state index contributed by atoms with van der Waals surface area (Å²) >= 11 is 0. The minimum absolute atomic E-state index is 0.407. The van der Waals surface area contributed by atoms with Crippen molar-refractivity contribution in [3.05, 3.63) is 77.9 Å². The first kappa shape index (κ1) is 31.5. The van der Waals surface area contributed by atoms with Gasteiger partial charge in [0.1, 0.15) is 0 Å². The van der Waals surface area contributed by atoms with Gasteiger partial charge in [-0.2, -0.15) is 0 Å². The maximum atomic E-state index is 10.6. The summed E-state index contributed by atoms with van der Waals surface area (Å²) in [7, 11) is -2.24. The van der Waals surface area contributed by atoms with E-state index < -0.39 is 8.38 Å². The maximum Gasteiger partial charge on any atom is 0.200 e.